The van der Waals surface area contributed by atoms with Crippen molar-refractivity contribution in [3.63, 3.8) is 0 Å². The van der Waals surface area contributed by atoms with Gasteiger partial charge in [0.15, 0.2) is 0 Å². The summed E-state index contributed by atoms with van der Waals surface area (Å²) in [6.07, 6.45) is 5.26. The lowest BCUT2D eigenvalue weighted by Gasteiger charge is -2.26. The van der Waals surface area contributed by atoms with E-state index in [1.165, 1.54) is 22.9 Å². The quantitative estimate of drug-likeness (QED) is 0.268. The zero-order valence-corrected chi connectivity index (χ0v) is 14.7. The van der Waals surface area contributed by atoms with E-state index in [1.807, 2.05) is 24.3 Å². The van der Waals surface area contributed by atoms with E-state index in [-0.39, 0.29) is 0 Å². The summed E-state index contributed by atoms with van der Waals surface area (Å²) in [6.45, 7) is 2.87. The van der Waals surface area contributed by atoms with Gasteiger partial charge in [-0.2, -0.15) is 0 Å². The number of hydroxylamine groups is 1. The Hall–Kier alpha value is -2.63. The molecule has 2 aromatic carbocycles. The van der Waals surface area contributed by atoms with Crippen LogP contribution in [-0.4, -0.2) is 24.2 Å². The zero-order valence-electron chi connectivity index (χ0n) is 14.7. The lowest BCUT2D eigenvalue weighted by molar-refractivity contribution is -0.124. The average Bonchev–Trinajstić information content (AvgIpc) is 2.70. The minimum absolute atomic E-state index is 0.532. The van der Waals surface area contributed by atoms with Crippen LogP contribution in [0.1, 0.15) is 23.1 Å². The van der Waals surface area contributed by atoms with Crippen molar-refractivity contribution in [3.05, 3.63) is 71.3 Å². The molecule has 0 saturated carbocycles. The molecule has 0 spiro atoms. The van der Waals surface area contributed by atoms with E-state index in [2.05, 4.69) is 34.9 Å². The lowest BCUT2D eigenvalue weighted by Crippen LogP contribution is -2.27. The van der Waals surface area contributed by atoms with Crippen LogP contribution in [0.15, 0.2) is 54.6 Å². The molecule has 3 rings (SSSR count). The molecular formula is C21H25N3O2. The van der Waals surface area contributed by atoms with Gasteiger partial charge in [0.05, 0.1) is 0 Å². The molecule has 5 heteroatoms. The molecule has 1 aliphatic heterocycles. The van der Waals surface area contributed by atoms with Gasteiger partial charge < -0.3 is 10.6 Å². The largest absolute Gasteiger partial charge is 0.385 e. The second kappa shape index (κ2) is 9.17. The van der Waals surface area contributed by atoms with Crippen molar-refractivity contribution < 1.29 is 10.0 Å². The average molecular weight is 351 g/mol. The molecule has 4 N–H and O–H groups in total. The molecule has 0 aliphatic carbocycles. The molecule has 1 heterocycles. The zero-order chi connectivity index (χ0) is 18.2. The Morgan fingerprint density at radius 3 is 2.81 bits per heavy atom. The maximum atomic E-state index is 11.0. The van der Waals surface area contributed by atoms with Crippen LogP contribution in [0.3, 0.4) is 0 Å². The molecule has 0 saturated heterocycles. The van der Waals surface area contributed by atoms with Gasteiger partial charge in [0.25, 0.3) is 5.91 Å². The Morgan fingerprint density at radius 2 is 2.00 bits per heavy atom. The third-order valence-electron chi connectivity index (χ3n) is 4.68. The third-order valence-corrected chi connectivity index (χ3v) is 4.68. The number of amides is 1. The highest BCUT2D eigenvalue weighted by Crippen LogP contribution is 2.25. The standard InChI is InChI=1S/C21H25N3O2/c25-21(24-26)10-9-16-5-7-17(8-6-16)14-22-12-11-18-13-19-3-1-2-4-20(19)23-15-18/h1-10,18,22-23,26H,11-15H2,(H,24,25)/b10-9+. The smallest absolute Gasteiger partial charge is 0.267 e. The van der Waals surface area contributed by atoms with Crippen LogP contribution in [0.5, 0.6) is 0 Å². The summed E-state index contributed by atoms with van der Waals surface area (Å²) in [5.41, 5.74) is 6.40. The van der Waals surface area contributed by atoms with Crippen LogP contribution in [0.25, 0.3) is 6.08 Å². The minimum Gasteiger partial charge on any atom is -0.385 e. The Bertz CT molecular complexity index is 756. The van der Waals surface area contributed by atoms with Crippen LogP contribution < -0.4 is 16.1 Å². The molecule has 5 nitrogen and oxygen atoms in total. The first-order valence-electron chi connectivity index (χ1n) is 8.98. The third kappa shape index (κ3) is 5.18. The summed E-state index contributed by atoms with van der Waals surface area (Å²) in [6, 6.07) is 16.6. The van der Waals surface area contributed by atoms with Gasteiger partial charge in [-0.3, -0.25) is 10.0 Å². The van der Waals surface area contributed by atoms with Crippen molar-refractivity contribution in [2.45, 2.75) is 19.4 Å². The Labute approximate surface area is 154 Å². The van der Waals surface area contributed by atoms with E-state index >= 15 is 0 Å². The Balaban J connectivity index is 1.39. The maximum Gasteiger partial charge on any atom is 0.267 e. The van der Waals surface area contributed by atoms with E-state index < -0.39 is 5.91 Å². The predicted molar refractivity (Wildman–Crippen MR) is 104 cm³/mol. The normalized spacial score (nSPS) is 16.1. The van der Waals surface area contributed by atoms with E-state index in [9.17, 15) is 4.79 Å². The van der Waals surface area contributed by atoms with Crippen LogP contribution >= 0.6 is 0 Å². The number of nitrogens with one attached hydrogen (secondary N) is 3. The SMILES string of the molecule is O=C(/C=C/c1ccc(CNCCC2CNc3ccccc3C2)cc1)NO. The Morgan fingerprint density at radius 1 is 1.19 bits per heavy atom. The number of rotatable bonds is 7. The van der Waals surface area contributed by atoms with Crippen molar-refractivity contribution >= 4 is 17.7 Å². The van der Waals surface area contributed by atoms with Crippen LogP contribution in [0.2, 0.25) is 0 Å². The summed E-state index contributed by atoms with van der Waals surface area (Å²) in [7, 11) is 0. The highest BCUT2D eigenvalue weighted by Gasteiger charge is 2.16. The van der Waals surface area contributed by atoms with Gasteiger partial charge >= 0.3 is 0 Å². The predicted octanol–water partition coefficient (Wildman–Crippen LogP) is 2.97. The highest BCUT2D eigenvalue weighted by molar-refractivity contribution is 5.90. The molecule has 0 bridgehead atoms. The lowest BCUT2D eigenvalue weighted by atomic mass is 9.91. The number of para-hydroxylation sites is 1. The van der Waals surface area contributed by atoms with Gasteiger partial charge in [0.2, 0.25) is 0 Å². The number of hydrogen-bond donors (Lipinski definition) is 4. The molecular weight excluding hydrogens is 326 g/mol. The second-order valence-electron chi connectivity index (χ2n) is 6.62. The molecule has 26 heavy (non-hydrogen) atoms. The van der Waals surface area contributed by atoms with Crippen molar-refractivity contribution in [1.29, 1.82) is 0 Å². The number of anilines is 1. The van der Waals surface area contributed by atoms with Gasteiger partial charge in [-0.05, 0) is 54.1 Å². The van der Waals surface area contributed by atoms with Crippen molar-refractivity contribution in [2.24, 2.45) is 5.92 Å². The molecule has 0 aromatic heterocycles. The second-order valence-corrected chi connectivity index (χ2v) is 6.62. The maximum absolute atomic E-state index is 11.0. The van der Waals surface area contributed by atoms with Gasteiger partial charge in [-0.1, -0.05) is 42.5 Å². The fourth-order valence-electron chi connectivity index (χ4n) is 3.21. The van der Waals surface area contributed by atoms with Crippen molar-refractivity contribution in [3.8, 4) is 0 Å². The van der Waals surface area contributed by atoms with Gasteiger partial charge in [0.1, 0.15) is 0 Å². The van der Waals surface area contributed by atoms with Crippen molar-refractivity contribution in [2.75, 3.05) is 18.4 Å². The molecule has 0 radical (unpaired) electrons. The van der Waals surface area contributed by atoms with E-state index in [1.54, 1.807) is 11.6 Å². The summed E-state index contributed by atoms with van der Waals surface area (Å²) in [5.74, 6) is 0.137. The molecule has 0 fully saturated rings. The first-order chi connectivity index (χ1) is 12.7. The molecule has 1 aliphatic rings. The summed E-state index contributed by atoms with van der Waals surface area (Å²) in [5, 5.41) is 15.5. The fraction of sp³-hybridized carbons (Fsp3) is 0.286. The first kappa shape index (κ1) is 18.2. The summed E-state index contributed by atoms with van der Waals surface area (Å²) < 4.78 is 0. The van der Waals surface area contributed by atoms with Gasteiger partial charge in [-0.25, -0.2) is 5.48 Å². The topological polar surface area (TPSA) is 73.4 Å². The fourth-order valence-corrected chi connectivity index (χ4v) is 3.21. The van der Waals surface area contributed by atoms with Crippen molar-refractivity contribution in [1.82, 2.24) is 10.8 Å². The first-order valence-corrected chi connectivity index (χ1v) is 8.98. The minimum atomic E-state index is -0.532. The molecule has 1 unspecified atom stereocenters. The molecule has 1 atom stereocenters. The van der Waals surface area contributed by atoms with E-state index in [0.717, 1.165) is 38.0 Å². The number of hydrogen-bond acceptors (Lipinski definition) is 4. The molecule has 1 amide bonds. The van der Waals surface area contributed by atoms with E-state index in [4.69, 9.17) is 5.21 Å². The summed E-state index contributed by atoms with van der Waals surface area (Å²) in [4.78, 5) is 11.0. The number of carbonyl (C=O) groups is 1. The number of fused-ring (bicyclic) bond motifs is 1. The molecule has 2 aromatic rings. The van der Waals surface area contributed by atoms with Gasteiger partial charge in [-0.15, -0.1) is 0 Å². The number of benzene rings is 2. The monoisotopic (exact) mass is 351 g/mol. The van der Waals surface area contributed by atoms with Crippen LogP contribution in [0, 0.1) is 5.92 Å². The summed E-state index contributed by atoms with van der Waals surface area (Å²) >= 11 is 0. The van der Waals surface area contributed by atoms with E-state index in [0.29, 0.717) is 5.92 Å². The number of carbonyl (C=O) groups excluding carboxylic acids is 1. The molecule has 136 valence electrons. The van der Waals surface area contributed by atoms with Crippen LogP contribution in [-0.2, 0) is 17.8 Å². The van der Waals surface area contributed by atoms with Gasteiger partial charge in [0, 0.05) is 24.9 Å². The highest BCUT2D eigenvalue weighted by atomic mass is 16.5. The Kier molecular flexibility index (Phi) is 6.41. The van der Waals surface area contributed by atoms with Crippen LogP contribution in [0.4, 0.5) is 5.69 Å².